The Bertz CT molecular complexity index is 647. The molecule has 0 aromatic heterocycles. The second kappa shape index (κ2) is 7.20. The number of nitrogens with one attached hydrogen (secondary N) is 1. The average molecular weight is 417 g/mol. The highest BCUT2D eigenvalue weighted by Crippen LogP contribution is 2.25. The molecule has 1 N–H and O–H groups in total. The van der Waals surface area contributed by atoms with Gasteiger partial charge in [-0.15, -0.1) is 0 Å². The first-order chi connectivity index (χ1) is 10.0. The summed E-state index contributed by atoms with van der Waals surface area (Å²) in [6.45, 7) is 0. The predicted octanol–water partition coefficient (Wildman–Crippen LogP) is 4.36. The Morgan fingerprint density at radius 2 is 1.95 bits per heavy atom. The lowest BCUT2D eigenvalue weighted by Crippen LogP contribution is -2.18. The Morgan fingerprint density at radius 1 is 1.29 bits per heavy atom. The summed E-state index contributed by atoms with van der Waals surface area (Å²) in [5.41, 5.74) is 2.24. The van der Waals surface area contributed by atoms with E-state index in [-0.39, 0.29) is 11.7 Å². The third kappa shape index (κ3) is 4.15. The molecule has 0 saturated carbocycles. The second-order valence-corrected chi connectivity index (χ2v) is 6.21. The summed E-state index contributed by atoms with van der Waals surface area (Å²) in [6.07, 6.45) is 0.741. The lowest BCUT2D eigenvalue weighted by atomic mass is 9.99. The number of halogens is 2. The predicted molar refractivity (Wildman–Crippen MR) is 92.8 cm³/mol. The third-order valence-electron chi connectivity index (χ3n) is 3.28. The van der Waals surface area contributed by atoms with Crippen LogP contribution in [0.25, 0.3) is 0 Å². The molecule has 0 aliphatic rings. The highest BCUT2D eigenvalue weighted by atomic mass is 127. The van der Waals surface area contributed by atoms with Crippen LogP contribution >= 0.6 is 34.2 Å². The molecule has 2 rings (SSSR count). The molecule has 0 heterocycles. The standard InChI is InChI=1S/C15H14ClIN2O2/c1-18-15(11-4-7-14(17)13(16)9-11)8-10-2-5-12(6-3-10)19(20)21/h2-7,9,15,18H,8H2,1H3. The smallest absolute Gasteiger partial charge is 0.269 e. The van der Waals surface area contributed by atoms with Crippen molar-refractivity contribution in [3.63, 3.8) is 0 Å². The van der Waals surface area contributed by atoms with Crippen LogP contribution in [0, 0.1) is 13.7 Å². The topological polar surface area (TPSA) is 55.2 Å². The van der Waals surface area contributed by atoms with Crippen LogP contribution in [-0.2, 0) is 6.42 Å². The average Bonchev–Trinajstić information content (AvgIpc) is 2.48. The molecule has 0 spiro atoms. The van der Waals surface area contributed by atoms with Gasteiger partial charge in [0.25, 0.3) is 5.69 Å². The zero-order chi connectivity index (χ0) is 15.4. The molecule has 0 fully saturated rings. The summed E-state index contributed by atoms with van der Waals surface area (Å²) in [4.78, 5) is 10.3. The molecule has 2 aromatic rings. The van der Waals surface area contributed by atoms with Gasteiger partial charge in [0, 0.05) is 21.7 Å². The lowest BCUT2D eigenvalue weighted by Gasteiger charge is -2.17. The minimum absolute atomic E-state index is 0.108. The molecule has 0 bridgehead atoms. The monoisotopic (exact) mass is 416 g/mol. The quantitative estimate of drug-likeness (QED) is 0.448. The molecule has 2 aromatic carbocycles. The van der Waals surface area contributed by atoms with E-state index in [4.69, 9.17) is 11.6 Å². The first-order valence-electron chi connectivity index (χ1n) is 6.37. The van der Waals surface area contributed by atoms with Crippen LogP contribution in [0.2, 0.25) is 5.02 Å². The molecular formula is C15H14ClIN2O2. The number of non-ortho nitro benzene ring substituents is 1. The van der Waals surface area contributed by atoms with E-state index >= 15 is 0 Å². The van der Waals surface area contributed by atoms with Crippen molar-refractivity contribution in [3.05, 3.63) is 72.3 Å². The van der Waals surface area contributed by atoms with Gasteiger partial charge >= 0.3 is 0 Å². The molecule has 0 saturated heterocycles. The summed E-state index contributed by atoms with van der Waals surface area (Å²) in [7, 11) is 1.89. The molecule has 0 aliphatic carbocycles. The molecule has 0 radical (unpaired) electrons. The molecule has 4 nitrogen and oxygen atoms in total. The molecule has 1 unspecified atom stereocenters. The minimum atomic E-state index is -0.391. The zero-order valence-electron chi connectivity index (χ0n) is 11.3. The van der Waals surface area contributed by atoms with Crippen molar-refractivity contribution in [1.29, 1.82) is 0 Å². The molecular weight excluding hydrogens is 403 g/mol. The van der Waals surface area contributed by atoms with Gasteiger partial charge in [-0.05, 0) is 59.3 Å². The molecule has 0 amide bonds. The maximum atomic E-state index is 10.7. The minimum Gasteiger partial charge on any atom is -0.313 e. The van der Waals surface area contributed by atoms with Gasteiger partial charge in [-0.1, -0.05) is 29.8 Å². The number of rotatable bonds is 5. The van der Waals surface area contributed by atoms with Crippen molar-refractivity contribution in [1.82, 2.24) is 5.32 Å². The lowest BCUT2D eigenvalue weighted by molar-refractivity contribution is -0.384. The number of benzene rings is 2. The van der Waals surface area contributed by atoms with Crippen molar-refractivity contribution in [2.24, 2.45) is 0 Å². The normalized spacial score (nSPS) is 12.1. The van der Waals surface area contributed by atoms with E-state index < -0.39 is 4.92 Å². The summed E-state index contributed by atoms with van der Waals surface area (Å²) in [5.74, 6) is 0. The van der Waals surface area contributed by atoms with Crippen molar-refractivity contribution in [2.45, 2.75) is 12.5 Å². The fourth-order valence-electron chi connectivity index (χ4n) is 2.11. The summed E-state index contributed by atoms with van der Waals surface area (Å²) >= 11 is 8.36. The summed E-state index contributed by atoms with van der Waals surface area (Å²) in [6, 6.07) is 12.7. The summed E-state index contributed by atoms with van der Waals surface area (Å²) in [5, 5.41) is 14.6. The Kier molecular flexibility index (Phi) is 5.55. The summed E-state index contributed by atoms with van der Waals surface area (Å²) < 4.78 is 1.02. The van der Waals surface area contributed by atoms with Gasteiger partial charge in [0.1, 0.15) is 0 Å². The van der Waals surface area contributed by atoms with Gasteiger partial charge < -0.3 is 5.32 Å². The fraction of sp³-hybridized carbons (Fsp3) is 0.200. The second-order valence-electron chi connectivity index (χ2n) is 4.64. The number of nitrogens with zero attached hydrogens (tertiary/aromatic N) is 1. The van der Waals surface area contributed by atoms with Gasteiger partial charge in [0.2, 0.25) is 0 Å². The van der Waals surface area contributed by atoms with E-state index in [1.165, 1.54) is 12.1 Å². The molecule has 6 heteroatoms. The maximum Gasteiger partial charge on any atom is 0.269 e. The first-order valence-corrected chi connectivity index (χ1v) is 7.82. The maximum absolute atomic E-state index is 10.7. The van der Waals surface area contributed by atoms with Gasteiger partial charge in [-0.25, -0.2) is 0 Å². The molecule has 110 valence electrons. The number of hydrogen-bond donors (Lipinski definition) is 1. The molecule has 21 heavy (non-hydrogen) atoms. The number of nitro benzene ring substituents is 1. The van der Waals surface area contributed by atoms with Gasteiger partial charge in [0.05, 0.1) is 9.95 Å². The van der Waals surface area contributed by atoms with Crippen molar-refractivity contribution in [3.8, 4) is 0 Å². The van der Waals surface area contributed by atoms with Gasteiger partial charge in [-0.2, -0.15) is 0 Å². The fourth-order valence-corrected chi connectivity index (χ4v) is 2.63. The third-order valence-corrected chi connectivity index (χ3v) is 4.85. The molecule has 0 aliphatic heterocycles. The van der Waals surface area contributed by atoms with E-state index in [9.17, 15) is 10.1 Å². The SMILES string of the molecule is CNC(Cc1ccc([N+](=O)[O-])cc1)c1ccc(I)c(Cl)c1. The zero-order valence-corrected chi connectivity index (χ0v) is 14.3. The van der Waals surface area contributed by atoms with Crippen molar-refractivity contribution in [2.75, 3.05) is 7.05 Å². The Balaban J connectivity index is 2.18. The van der Waals surface area contributed by atoms with Crippen LogP contribution in [-0.4, -0.2) is 12.0 Å². The largest absolute Gasteiger partial charge is 0.313 e. The van der Waals surface area contributed by atoms with E-state index in [2.05, 4.69) is 27.9 Å². The van der Waals surface area contributed by atoms with Gasteiger partial charge in [0.15, 0.2) is 0 Å². The van der Waals surface area contributed by atoms with E-state index in [1.807, 2.05) is 25.2 Å². The Hall–Kier alpha value is -1.18. The van der Waals surface area contributed by atoms with Crippen molar-refractivity contribution < 1.29 is 4.92 Å². The van der Waals surface area contributed by atoms with Crippen LogP contribution in [0.3, 0.4) is 0 Å². The van der Waals surface area contributed by atoms with Crippen molar-refractivity contribution >= 4 is 39.9 Å². The van der Waals surface area contributed by atoms with Crippen LogP contribution < -0.4 is 5.32 Å². The van der Waals surface area contributed by atoms with Gasteiger partial charge in [-0.3, -0.25) is 10.1 Å². The molecule has 1 atom stereocenters. The van der Waals surface area contributed by atoms with E-state index in [1.54, 1.807) is 12.1 Å². The Morgan fingerprint density at radius 3 is 2.48 bits per heavy atom. The van der Waals surface area contributed by atoms with Crippen LogP contribution in [0.5, 0.6) is 0 Å². The van der Waals surface area contributed by atoms with Crippen LogP contribution in [0.15, 0.2) is 42.5 Å². The van der Waals surface area contributed by atoms with Crippen LogP contribution in [0.4, 0.5) is 5.69 Å². The van der Waals surface area contributed by atoms with E-state index in [0.717, 1.165) is 26.1 Å². The van der Waals surface area contributed by atoms with E-state index in [0.29, 0.717) is 0 Å². The number of likely N-dealkylation sites (N-methyl/N-ethyl adjacent to an activating group) is 1. The Labute approximate surface area is 141 Å². The first kappa shape index (κ1) is 16.2. The van der Waals surface area contributed by atoms with Crippen LogP contribution in [0.1, 0.15) is 17.2 Å². The number of hydrogen-bond acceptors (Lipinski definition) is 3. The highest BCUT2D eigenvalue weighted by Gasteiger charge is 2.12. The number of nitro groups is 1. The highest BCUT2D eigenvalue weighted by molar-refractivity contribution is 14.1.